The Balaban J connectivity index is 1.41. The summed E-state index contributed by atoms with van der Waals surface area (Å²) in [4.78, 5) is 24.8. The third-order valence-corrected chi connectivity index (χ3v) is 5.17. The summed E-state index contributed by atoms with van der Waals surface area (Å²) in [6, 6.07) is 12.7. The Labute approximate surface area is 182 Å². The molecule has 1 aliphatic heterocycles. The van der Waals surface area contributed by atoms with Gasteiger partial charge in [0.1, 0.15) is 12.1 Å². The minimum Gasteiger partial charge on any atom is -0.436 e. The molecule has 0 spiro atoms. The maximum absolute atomic E-state index is 14.0. The number of piperazine rings is 1. The number of amides is 1. The summed E-state index contributed by atoms with van der Waals surface area (Å²) in [6.45, 7) is 2.27. The Hall–Kier alpha value is -2.90. The van der Waals surface area contributed by atoms with Crippen LogP contribution in [0.1, 0.15) is 10.4 Å². The molecule has 0 N–H and O–H groups in total. The fourth-order valence-electron chi connectivity index (χ4n) is 3.17. The van der Waals surface area contributed by atoms with Gasteiger partial charge in [0, 0.05) is 47.9 Å². The second-order valence-electron chi connectivity index (χ2n) is 6.68. The molecule has 4 rings (SSSR count). The van der Waals surface area contributed by atoms with Crippen molar-refractivity contribution < 1.29 is 13.9 Å². The normalized spacial score (nSPS) is 14.0. The molecule has 0 unspecified atom stereocenters. The first-order chi connectivity index (χ1) is 14.5. The molecular weight excluding hydrogens is 430 g/mol. The molecule has 0 radical (unpaired) electrons. The lowest BCUT2D eigenvalue weighted by Crippen LogP contribution is -2.49. The molecule has 2 heterocycles. The predicted molar refractivity (Wildman–Crippen MR) is 113 cm³/mol. The fraction of sp³-hybridized carbons (Fsp3) is 0.190. The number of benzene rings is 2. The smallest absolute Gasteiger partial charge is 0.254 e. The Bertz CT molecular complexity index is 1070. The van der Waals surface area contributed by atoms with Crippen LogP contribution in [0.5, 0.6) is 11.6 Å². The second-order valence-corrected chi connectivity index (χ2v) is 7.55. The Morgan fingerprint density at radius 3 is 2.47 bits per heavy atom. The van der Waals surface area contributed by atoms with Gasteiger partial charge in [0.05, 0.1) is 0 Å². The fourth-order valence-corrected chi connectivity index (χ4v) is 3.52. The topological polar surface area (TPSA) is 58.6 Å². The first-order valence-corrected chi connectivity index (χ1v) is 10.00. The van der Waals surface area contributed by atoms with E-state index >= 15 is 0 Å². The average Bonchev–Trinajstić information content (AvgIpc) is 2.75. The molecule has 9 heteroatoms. The quantitative estimate of drug-likeness (QED) is 0.582. The highest BCUT2D eigenvalue weighted by Crippen LogP contribution is 2.27. The molecule has 154 valence electrons. The number of aromatic nitrogens is 2. The number of halogens is 3. The van der Waals surface area contributed by atoms with Crippen molar-refractivity contribution >= 4 is 34.9 Å². The first kappa shape index (κ1) is 20.4. The number of hydrogen-bond donors (Lipinski definition) is 0. The van der Waals surface area contributed by atoms with E-state index in [-0.39, 0.29) is 22.6 Å². The van der Waals surface area contributed by atoms with Crippen molar-refractivity contribution in [2.45, 2.75) is 0 Å². The van der Waals surface area contributed by atoms with E-state index in [4.69, 9.17) is 27.9 Å². The molecule has 0 saturated carbocycles. The van der Waals surface area contributed by atoms with Gasteiger partial charge in [-0.05, 0) is 36.4 Å². The van der Waals surface area contributed by atoms with Gasteiger partial charge in [-0.25, -0.2) is 14.4 Å². The summed E-state index contributed by atoms with van der Waals surface area (Å²) in [6.07, 6.45) is 1.36. The zero-order chi connectivity index (χ0) is 21.1. The molecule has 0 bridgehead atoms. The molecule has 6 nitrogen and oxygen atoms in total. The molecule has 3 aromatic rings. The lowest BCUT2D eigenvalue weighted by molar-refractivity contribution is 0.0746. The largest absolute Gasteiger partial charge is 0.436 e. The van der Waals surface area contributed by atoms with Crippen LogP contribution in [0.25, 0.3) is 0 Å². The summed E-state index contributed by atoms with van der Waals surface area (Å²) in [5.74, 6) is 0.266. The van der Waals surface area contributed by atoms with Gasteiger partial charge in [0.2, 0.25) is 5.88 Å². The van der Waals surface area contributed by atoms with Gasteiger partial charge >= 0.3 is 0 Å². The van der Waals surface area contributed by atoms with Crippen molar-refractivity contribution in [3.63, 3.8) is 0 Å². The Kier molecular flexibility index (Phi) is 6.01. The van der Waals surface area contributed by atoms with Crippen LogP contribution in [-0.2, 0) is 0 Å². The van der Waals surface area contributed by atoms with Gasteiger partial charge in [-0.1, -0.05) is 29.3 Å². The molecule has 1 amide bonds. The number of carbonyl (C=O) groups is 1. The van der Waals surface area contributed by atoms with E-state index in [0.717, 1.165) is 0 Å². The monoisotopic (exact) mass is 446 g/mol. The van der Waals surface area contributed by atoms with Crippen molar-refractivity contribution in [3.8, 4) is 11.6 Å². The third kappa shape index (κ3) is 4.63. The van der Waals surface area contributed by atoms with Crippen molar-refractivity contribution in [1.82, 2.24) is 14.9 Å². The third-order valence-electron chi connectivity index (χ3n) is 4.70. The van der Waals surface area contributed by atoms with Crippen LogP contribution in [0.3, 0.4) is 0 Å². The average molecular weight is 447 g/mol. The molecule has 2 aromatic carbocycles. The number of ether oxygens (including phenoxy) is 1. The molecule has 1 aromatic heterocycles. The van der Waals surface area contributed by atoms with Crippen LogP contribution < -0.4 is 9.64 Å². The van der Waals surface area contributed by atoms with Crippen molar-refractivity contribution in [2.24, 2.45) is 0 Å². The van der Waals surface area contributed by atoms with E-state index in [9.17, 15) is 9.18 Å². The highest BCUT2D eigenvalue weighted by Gasteiger charge is 2.23. The number of carbonyl (C=O) groups excluding carboxylic acids is 1. The van der Waals surface area contributed by atoms with Gasteiger partial charge < -0.3 is 14.5 Å². The molecule has 1 aliphatic rings. The molecule has 0 atom stereocenters. The summed E-state index contributed by atoms with van der Waals surface area (Å²) in [7, 11) is 0. The van der Waals surface area contributed by atoms with Crippen LogP contribution in [0.2, 0.25) is 10.0 Å². The standard InChI is InChI=1S/C21H17Cl2FN4O2/c22-15-3-1-2-14(10-15)21(29)28-8-6-27(7-9-28)19-12-20(26-13-25-19)30-18-5-4-16(23)11-17(18)24/h1-5,10-13H,6-9H2. The predicted octanol–water partition coefficient (Wildman–Crippen LogP) is 4.68. The van der Waals surface area contributed by atoms with Crippen LogP contribution >= 0.6 is 23.2 Å². The Morgan fingerprint density at radius 2 is 1.73 bits per heavy atom. The number of nitrogens with zero attached hydrogens (tertiary/aromatic N) is 4. The second kappa shape index (κ2) is 8.85. The number of hydrogen-bond acceptors (Lipinski definition) is 5. The van der Waals surface area contributed by atoms with Gasteiger partial charge in [-0.2, -0.15) is 0 Å². The number of rotatable bonds is 4. The van der Waals surface area contributed by atoms with E-state index in [1.54, 1.807) is 35.2 Å². The molecule has 0 aliphatic carbocycles. The van der Waals surface area contributed by atoms with Gasteiger partial charge in [-0.3, -0.25) is 4.79 Å². The van der Waals surface area contributed by atoms with E-state index < -0.39 is 5.82 Å². The summed E-state index contributed by atoms with van der Waals surface area (Å²) >= 11 is 11.8. The Morgan fingerprint density at radius 1 is 0.967 bits per heavy atom. The van der Waals surface area contributed by atoms with E-state index in [1.165, 1.54) is 24.5 Å². The van der Waals surface area contributed by atoms with Gasteiger partial charge in [-0.15, -0.1) is 0 Å². The minimum atomic E-state index is -0.573. The van der Waals surface area contributed by atoms with E-state index in [1.807, 2.05) is 4.90 Å². The van der Waals surface area contributed by atoms with Gasteiger partial charge in [0.15, 0.2) is 11.6 Å². The lowest BCUT2D eigenvalue weighted by Gasteiger charge is -2.35. The maximum atomic E-state index is 14.0. The molecule has 1 fully saturated rings. The van der Waals surface area contributed by atoms with E-state index in [2.05, 4.69) is 9.97 Å². The summed E-state index contributed by atoms with van der Waals surface area (Å²) in [5.41, 5.74) is 0.568. The molecule has 30 heavy (non-hydrogen) atoms. The zero-order valence-corrected chi connectivity index (χ0v) is 17.3. The highest BCUT2D eigenvalue weighted by molar-refractivity contribution is 6.31. The van der Waals surface area contributed by atoms with E-state index in [0.29, 0.717) is 42.6 Å². The number of anilines is 1. The van der Waals surface area contributed by atoms with Gasteiger partial charge in [0.25, 0.3) is 5.91 Å². The SMILES string of the molecule is O=C(c1cccc(Cl)c1)N1CCN(c2cc(Oc3ccc(Cl)cc3F)ncn2)CC1. The minimum absolute atomic E-state index is 0.0287. The van der Waals surface area contributed by atoms with Crippen molar-refractivity contribution in [1.29, 1.82) is 0 Å². The van der Waals surface area contributed by atoms with Crippen LogP contribution in [-0.4, -0.2) is 47.0 Å². The van der Waals surface area contributed by atoms with Crippen molar-refractivity contribution in [2.75, 3.05) is 31.1 Å². The van der Waals surface area contributed by atoms with Crippen LogP contribution in [0, 0.1) is 5.82 Å². The summed E-state index contributed by atoms with van der Waals surface area (Å²) in [5, 5.41) is 0.818. The molecule has 1 saturated heterocycles. The highest BCUT2D eigenvalue weighted by atomic mass is 35.5. The maximum Gasteiger partial charge on any atom is 0.254 e. The first-order valence-electron chi connectivity index (χ1n) is 9.24. The van der Waals surface area contributed by atoms with Crippen LogP contribution in [0.15, 0.2) is 54.9 Å². The van der Waals surface area contributed by atoms with Crippen molar-refractivity contribution in [3.05, 3.63) is 76.3 Å². The van der Waals surface area contributed by atoms with Crippen LogP contribution in [0.4, 0.5) is 10.2 Å². The molecular formula is C21H17Cl2FN4O2. The summed E-state index contributed by atoms with van der Waals surface area (Å²) < 4.78 is 19.5. The lowest BCUT2D eigenvalue weighted by atomic mass is 10.2. The zero-order valence-electron chi connectivity index (χ0n) is 15.8.